The first-order valence-electron chi connectivity index (χ1n) is 7.35. The van der Waals surface area contributed by atoms with Gasteiger partial charge in [-0.2, -0.15) is 5.10 Å². The summed E-state index contributed by atoms with van der Waals surface area (Å²) >= 11 is 3.55. The summed E-state index contributed by atoms with van der Waals surface area (Å²) in [7, 11) is 1.93. The molecule has 2 atom stereocenters. The number of hydrogen-bond donors (Lipinski definition) is 1. The van der Waals surface area contributed by atoms with Crippen molar-refractivity contribution in [2.75, 3.05) is 6.54 Å². The fraction of sp³-hybridized carbons (Fsp3) is 0.438. The molecular formula is C16H20BrN3O. The van der Waals surface area contributed by atoms with Crippen LogP contribution < -0.4 is 10.1 Å². The summed E-state index contributed by atoms with van der Waals surface area (Å²) in [5.74, 6) is 0.965. The molecule has 0 amide bonds. The zero-order valence-corrected chi connectivity index (χ0v) is 13.9. The summed E-state index contributed by atoms with van der Waals surface area (Å²) in [6, 6.07) is 6.54. The molecule has 0 bridgehead atoms. The van der Waals surface area contributed by atoms with E-state index >= 15 is 0 Å². The van der Waals surface area contributed by atoms with Crippen LogP contribution in [0.5, 0.6) is 5.75 Å². The molecule has 5 heteroatoms. The molecule has 0 saturated carbocycles. The maximum absolute atomic E-state index is 6.18. The molecule has 1 aliphatic rings. The molecule has 2 aromatic rings. The smallest absolute Gasteiger partial charge is 0.129 e. The van der Waals surface area contributed by atoms with Crippen LogP contribution in [0.4, 0.5) is 0 Å². The molecule has 4 nitrogen and oxygen atoms in total. The summed E-state index contributed by atoms with van der Waals surface area (Å²) in [6.07, 6.45) is 6.03. The predicted octanol–water partition coefficient (Wildman–Crippen LogP) is 3.75. The summed E-state index contributed by atoms with van der Waals surface area (Å²) in [4.78, 5) is 0. The van der Waals surface area contributed by atoms with Gasteiger partial charge in [0.15, 0.2) is 0 Å². The van der Waals surface area contributed by atoms with Gasteiger partial charge >= 0.3 is 0 Å². The fourth-order valence-electron chi connectivity index (χ4n) is 2.76. The maximum atomic E-state index is 6.18. The number of aryl methyl sites for hydroxylation is 1. The number of benzene rings is 1. The number of rotatable bonds is 4. The van der Waals surface area contributed by atoms with E-state index in [0.29, 0.717) is 6.04 Å². The van der Waals surface area contributed by atoms with Crippen LogP contribution in [0.3, 0.4) is 0 Å². The number of hydrogen-bond acceptors (Lipinski definition) is 3. The van der Waals surface area contributed by atoms with Gasteiger partial charge in [0, 0.05) is 41.3 Å². The number of fused-ring (bicyclic) bond motifs is 1. The lowest BCUT2D eigenvalue weighted by Gasteiger charge is -2.32. The first kappa shape index (κ1) is 14.6. The molecule has 0 fully saturated rings. The van der Waals surface area contributed by atoms with Gasteiger partial charge in [0.2, 0.25) is 0 Å². The second kappa shape index (κ2) is 6.20. The summed E-state index contributed by atoms with van der Waals surface area (Å²) in [5.41, 5.74) is 2.37. The number of halogens is 1. The zero-order valence-electron chi connectivity index (χ0n) is 12.3. The molecule has 0 saturated heterocycles. The standard InChI is InChI=1S/C16H20BrN3O/c1-3-6-18-14-8-16(11-9-19-20(2)10-11)21-15-5-4-12(17)7-13(14)15/h4-5,7,9-10,14,16,18H,3,6,8H2,1-2H3. The Bertz CT molecular complexity index is 626. The molecular weight excluding hydrogens is 330 g/mol. The molecule has 0 spiro atoms. The number of nitrogens with one attached hydrogen (secondary N) is 1. The molecule has 2 heterocycles. The van der Waals surface area contributed by atoms with Crippen LogP contribution in [0.25, 0.3) is 0 Å². The van der Waals surface area contributed by atoms with E-state index in [9.17, 15) is 0 Å². The summed E-state index contributed by atoms with van der Waals surface area (Å²) in [5, 5.41) is 7.89. The molecule has 3 rings (SSSR count). The van der Waals surface area contributed by atoms with Crippen molar-refractivity contribution in [1.29, 1.82) is 0 Å². The monoisotopic (exact) mass is 349 g/mol. The van der Waals surface area contributed by atoms with Gasteiger partial charge in [0.25, 0.3) is 0 Å². The van der Waals surface area contributed by atoms with Crippen molar-refractivity contribution >= 4 is 15.9 Å². The van der Waals surface area contributed by atoms with Crippen LogP contribution in [0.2, 0.25) is 0 Å². The Labute approximate surface area is 133 Å². The fourth-order valence-corrected chi connectivity index (χ4v) is 3.14. The van der Waals surface area contributed by atoms with Crippen LogP contribution >= 0.6 is 15.9 Å². The normalized spacial score (nSPS) is 20.9. The average molecular weight is 350 g/mol. The number of aromatic nitrogens is 2. The van der Waals surface area contributed by atoms with Gasteiger partial charge in [-0.05, 0) is 31.2 Å². The lowest BCUT2D eigenvalue weighted by Crippen LogP contribution is -2.29. The van der Waals surface area contributed by atoms with Crippen LogP contribution in [0.15, 0.2) is 35.1 Å². The van der Waals surface area contributed by atoms with Gasteiger partial charge in [0.05, 0.1) is 6.20 Å². The number of ether oxygens (including phenoxy) is 1. The van der Waals surface area contributed by atoms with Crippen LogP contribution in [0, 0.1) is 0 Å². The Morgan fingerprint density at radius 3 is 3.05 bits per heavy atom. The Morgan fingerprint density at radius 2 is 2.33 bits per heavy atom. The van der Waals surface area contributed by atoms with E-state index in [1.165, 1.54) is 5.56 Å². The quantitative estimate of drug-likeness (QED) is 0.913. The Hall–Kier alpha value is -1.33. The summed E-state index contributed by atoms with van der Waals surface area (Å²) < 4.78 is 9.10. The predicted molar refractivity (Wildman–Crippen MR) is 86.4 cm³/mol. The van der Waals surface area contributed by atoms with Crippen molar-refractivity contribution in [3.05, 3.63) is 46.2 Å². The summed E-state index contributed by atoms with van der Waals surface area (Å²) in [6.45, 7) is 3.20. The first-order valence-corrected chi connectivity index (χ1v) is 8.14. The molecule has 1 aromatic carbocycles. The van der Waals surface area contributed by atoms with Crippen molar-refractivity contribution < 1.29 is 4.74 Å². The second-order valence-corrected chi connectivity index (χ2v) is 6.39. The minimum absolute atomic E-state index is 0.0572. The minimum Gasteiger partial charge on any atom is -0.485 e. The second-order valence-electron chi connectivity index (χ2n) is 5.48. The highest BCUT2D eigenvalue weighted by Crippen LogP contribution is 2.41. The molecule has 0 radical (unpaired) electrons. The van der Waals surface area contributed by atoms with Crippen LogP contribution in [0.1, 0.15) is 43.0 Å². The van der Waals surface area contributed by atoms with E-state index in [2.05, 4.69) is 39.3 Å². The Balaban J connectivity index is 1.90. The highest BCUT2D eigenvalue weighted by molar-refractivity contribution is 9.10. The topological polar surface area (TPSA) is 39.1 Å². The lowest BCUT2D eigenvalue weighted by molar-refractivity contribution is 0.151. The van der Waals surface area contributed by atoms with E-state index in [1.54, 1.807) is 0 Å². The largest absolute Gasteiger partial charge is 0.485 e. The average Bonchev–Trinajstić information content (AvgIpc) is 2.91. The van der Waals surface area contributed by atoms with E-state index in [1.807, 2.05) is 36.3 Å². The molecule has 0 aliphatic carbocycles. The van der Waals surface area contributed by atoms with Gasteiger partial charge in [-0.15, -0.1) is 0 Å². The van der Waals surface area contributed by atoms with Gasteiger partial charge in [-0.3, -0.25) is 4.68 Å². The Morgan fingerprint density at radius 1 is 1.48 bits per heavy atom. The third-order valence-electron chi connectivity index (χ3n) is 3.80. The van der Waals surface area contributed by atoms with Crippen molar-refractivity contribution in [1.82, 2.24) is 15.1 Å². The minimum atomic E-state index is 0.0572. The SMILES string of the molecule is CCCNC1CC(c2cnn(C)c2)Oc2ccc(Br)cc21. The Kier molecular flexibility index (Phi) is 4.31. The van der Waals surface area contributed by atoms with Gasteiger partial charge in [-0.1, -0.05) is 22.9 Å². The molecule has 1 N–H and O–H groups in total. The van der Waals surface area contributed by atoms with E-state index in [-0.39, 0.29) is 6.10 Å². The van der Waals surface area contributed by atoms with Crippen molar-refractivity contribution in [2.24, 2.45) is 7.05 Å². The van der Waals surface area contributed by atoms with Gasteiger partial charge in [0.1, 0.15) is 11.9 Å². The van der Waals surface area contributed by atoms with Crippen LogP contribution in [-0.4, -0.2) is 16.3 Å². The van der Waals surface area contributed by atoms with Crippen molar-refractivity contribution in [3.8, 4) is 5.75 Å². The van der Waals surface area contributed by atoms with Crippen LogP contribution in [-0.2, 0) is 7.05 Å². The lowest BCUT2D eigenvalue weighted by atomic mass is 9.94. The highest BCUT2D eigenvalue weighted by atomic mass is 79.9. The molecule has 112 valence electrons. The molecule has 21 heavy (non-hydrogen) atoms. The van der Waals surface area contributed by atoms with Crippen molar-refractivity contribution in [3.63, 3.8) is 0 Å². The third kappa shape index (κ3) is 3.14. The number of nitrogens with zero attached hydrogens (tertiary/aromatic N) is 2. The van der Waals surface area contributed by atoms with Gasteiger partial charge in [-0.25, -0.2) is 0 Å². The van der Waals surface area contributed by atoms with Gasteiger partial charge < -0.3 is 10.1 Å². The highest BCUT2D eigenvalue weighted by Gasteiger charge is 2.29. The molecule has 1 aromatic heterocycles. The third-order valence-corrected chi connectivity index (χ3v) is 4.30. The van der Waals surface area contributed by atoms with E-state index < -0.39 is 0 Å². The van der Waals surface area contributed by atoms with E-state index in [0.717, 1.165) is 35.2 Å². The molecule has 2 unspecified atom stereocenters. The first-order chi connectivity index (χ1) is 10.2. The zero-order chi connectivity index (χ0) is 14.8. The molecule has 1 aliphatic heterocycles. The maximum Gasteiger partial charge on any atom is 0.129 e. The van der Waals surface area contributed by atoms with Crippen molar-refractivity contribution in [2.45, 2.75) is 31.9 Å². The van der Waals surface area contributed by atoms with E-state index in [4.69, 9.17) is 4.74 Å².